The van der Waals surface area contributed by atoms with Crippen LogP contribution in [-0.4, -0.2) is 41.6 Å². The van der Waals surface area contributed by atoms with Crippen molar-refractivity contribution in [2.75, 3.05) is 18.1 Å². The first-order valence-electron chi connectivity index (χ1n) is 6.83. The van der Waals surface area contributed by atoms with Gasteiger partial charge in [0.05, 0.1) is 6.26 Å². The molecule has 0 saturated heterocycles. The summed E-state index contributed by atoms with van der Waals surface area (Å²) in [6, 6.07) is 8.80. The Morgan fingerprint density at radius 2 is 2.05 bits per heavy atom. The number of carbonyl (C=O) groups is 1. The lowest BCUT2D eigenvalue weighted by Gasteiger charge is -2.24. The third-order valence-electron chi connectivity index (χ3n) is 3.64. The molecule has 0 atom stereocenters. The zero-order valence-electron chi connectivity index (χ0n) is 12.0. The average molecular weight is 320 g/mol. The predicted octanol–water partition coefficient (Wildman–Crippen LogP) is 0.980. The van der Waals surface area contributed by atoms with E-state index in [0.717, 1.165) is 11.3 Å². The van der Waals surface area contributed by atoms with Crippen LogP contribution in [-0.2, 0) is 23.0 Å². The molecule has 0 aliphatic carbocycles. The van der Waals surface area contributed by atoms with Crippen molar-refractivity contribution in [2.24, 2.45) is 0 Å². The number of anilines is 1. The van der Waals surface area contributed by atoms with Crippen molar-refractivity contribution in [3.63, 3.8) is 0 Å². The maximum atomic E-state index is 12.2. The van der Waals surface area contributed by atoms with E-state index in [1.165, 1.54) is 10.6 Å². The van der Waals surface area contributed by atoms with E-state index >= 15 is 0 Å². The molecule has 1 aromatic heterocycles. The standard InChI is InChI=1S/C14H16N4O3S/c1-22(20,21)18-8-7-12-11(9-18)13(17-16-12)15-14(19)10-5-3-2-4-6-10/h2-6H,7-9H2,1H3,(H2,15,16,17,19). The normalized spacial score (nSPS) is 15.3. The number of hydrogen-bond donors (Lipinski definition) is 2. The van der Waals surface area contributed by atoms with Gasteiger partial charge in [0, 0.05) is 36.3 Å². The minimum atomic E-state index is -3.26. The Bertz CT molecular complexity index is 799. The minimum absolute atomic E-state index is 0.217. The number of aromatic amines is 1. The van der Waals surface area contributed by atoms with E-state index in [1.807, 2.05) is 6.07 Å². The number of H-pyrrole nitrogens is 1. The van der Waals surface area contributed by atoms with E-state index in [-0.39, 0.29) is 12.5 Å². The fourth-order valence-corrected chi connectivity index (χ4v) is 3.21. The molecule has 1 amide bonds. The fraction of sp³-hybridized carbons (Fsp3) is 0.286. The van der Waals surface area contributed by atoms with Gasteiger partial charge in [-0.05, 0) is 12.1 Å². The molecule has 0 bridgehead atoms. The number of hydrogen-bond acceptors (Lipinski definition) is 4. The number of nitrogens with one attached hydrogen (secondary N) is 2. The summed E-state index contributed by atoms with van der Waals surface area (Å²) in [5, 5.41) is 9.71. The first kappa shape index (κ1) is 14.7. The molecule has 7 nitrogen and oxygen atoms in total. The summed E-state index contributed by atoms with van der Waals surface area (Å²) in [7, 11) is -3.26. The Labute approximate surface area is 128 Å². The zero-order valence-corrected chi connectivity index (χ0v) is 12.9. The van der Waals surface area contributed by atoms with Gasteiger partial charge in [0.1, 0.15) is 0 Å². The van der Waals surface area contributed by atoms with E-state index in [4.69, 9.17) is 0 Å². The van der Waals surface area contributed by atoms with Crippen LogP contribution in [0, 0.1) is 0 Å². The molecule has 0 spiro atoms. The van der Waals surface area contributed by atoms with Gasteiger partial charge in [-0.3, -0.25) is 9.89 Å². The molecule has 0 saturated carbocycles. The van der Waals surface area contributed by atoms with Crippen molar-refractivity contribution in [3.05, 3.63) is 47.2 Å². The topological polar surface area (TPSA) is 95.2 Å². The maximum absolute atomic E-state index is 12.2. The van der Waals surface area contributed by atoms with E-state index in [2.05, 4.69) is 15.5 Å². The molecule has 116 valence electrons. The number of sulfonamides is 1. The molecular formula is C14H16N4O3S. The van der Waals surface area contributed by atoms with Gasteiger partial charge >= 0.3 is 0 Å². The highest BCUT2D eigenvalue weighted by molar-refractivity contribution is 7.88. The van der Waals surface area contributed by atoms with Gasteiger partial charge in [-0.15, -0.1) is 0 Å². The van der Waals surface area contributed by atoms with E-state index in [9.17, 15) is 13.2 Å². The van der Waals surface area contributed by atoms with Gasteiger partial charge < -0.3 is 5.32 Å². The number of nitrogens with zero attached hydrogens (tertiary/aromatic N) is 2. The van der Waals surface area contributed by atoms with Crippen molar-refractivity contribution in [1.82, 2.24) is 14.5 Å². The van der Waals surface area contributed by atoms with Crippen molar-refractivity contribution < 1.29 is 13.2 Å². The van der Waals surface area contributed by atoms with Crippen LogP contribution in [0.3, 0.4) is 0 Å². The summed E-state index contributed by atoms with van der Waals surface area (Å²) in [5.41, 5.74) is 2.11. The second-order valence-corrected chi connectivity index (χ2v) is 7.18. The molecule has 3 rings (SSSR count). The van der Waals surface area contributed by atoms with Crippen LogP contribution in [0.25, 0.3) is 0 Å². The molecule has 22 heavy (non-hydrogen) atoms. The van der Waals surface area contributed by atoms with Crippen LogP contribution in [0.4, 0.5) is 5.82 Å². The molecule has 2 N–H and O–H groups in total. The largest absolute Gasteiger partial charge is 0.305 e. The Morgan fingerprint density at radius 1 is 1.32 bits per heavy atom. The van der Waals surface area contributed by atoms with Crippen LogP contribution < -0.4 is 5.32 Å². The Kier molecular flexibility index (Phi) is 3.71. The van der Waals surface area contributed by atoms with E-state index in [1.54, 1.807) is 24.3 Å². The molecule has 8 heteroatoms. The Hall–Kier alpha value is -2.19. The van der Waals surface area contributed by atoms with E-state index < -0.39 is 10.0 Å². The highest BCUT2D eigenvalue weighted by Crippen LogP contribution is 2.25. The number of fused-ring (bicyclic) bond motifs is 1. The molecule has 2 heterocycles. The third-order valence-corrected chi connectivity index (χ3v) is 4.89. The number of benzene rings is 1. The lowest BCUT2D eigenvalue weighted by Crippen LogP contribution is -2.35. The van der Waals surface area contributed by atoms with Gasteiger partial charge in [-0.25, -0.2) is 8.42 Å². The minimum Gasteiger partial charge on any atom is -0.305 e. The lowest BCUT2D eigenvalue weighted by molar-refractivity contribution is 0.102. The zero-order chi connectivity index (χ0) is 15.7. The lowest BCUT2D eigenvalue weighted by atomic mass is 10.1. The number of aromatic nitrogens is 2. The van der Waals surface area contributed by atoms with Gasteiger partial charge in [0.2, 0.25) is 10.0 Å². The van der Waals surface area contributed by atoms with Gasteiger partial charge in [0.15, 0.2) is 5.82 Å². The molecule has 0 unspecified atom stereocenters. The molecule has 1 aromatic carbocycles. The van der Waals surface area contributed by atoms with Gasteiger partial charge in [-0.2, -0.15) is 9.40 Å². The highest BCUT2D eigenvalue weighted by Gasteiger charge is 2.27. The summed E-state index contributed by atoms with van der Waals surface area (Å²) in [6.45, 7) is 0.634. The van der Waals surface area contributed by atoms with Crippen molar-refractivity contribution in [2.45, 2.75) is 13.0 Å². The van der Waals surface area contributed by atoms with Gasteiger partial charge in [0.25, 0.3) is 5.91 Å². The number of amides is 1. The summed E-state index contributed by atoms with van der Waals surface area (Å²) in [6.07, 6.45) is 1.73. The molecule has 1 aliphatic rings. The second-order valence-electron chi connectivity index (χ2n) is 5.20. The average Bonchev–Trinajstić information content (AvgIpc) is 2.89. The number of rotatable bonds is 3. The SMILES string of the molecule is CS(=O)(=O)N1CCc2[nH]nc(NC(=O)c3ccccc3)c2C1. The van der Waals surface area contributed by atoms with Crippen LogP contribution in [0.2, 0.25) is 0 Å². The second kappa shape index (κ2) is 5.54. The molecule has 0 radical (unpaired) electrons. The highest BCUT2D eigenvalue weighted by atomic mass is 32.2. The van der Waals surface area contributed by atoms with Crippen LogP contribution in [0.15, 0.2) is 30.3 Å². The summed E-state index contributed by atoms with van der Waals surface area (Å²) in [5.74, 6) is 0.114. The first-order chi connectivity index (χ1) is 10.4. The molecular weight excluding hydrogens is 304 g/mol. The monoisotopic (exact) mass is 320 g/mol. The third kappa shape index (κ3) is 2.88. The number of carbonyl (C=O) groups excluding carboxylic acids is 1. The van der Waals surface area contributed by atoms with Crippen molar-refractivity contribution in [1.29, 1.82) is 0 Å². The van der Waals surface area contributed by atoms with Gasteiger partial charge in [-0.1, -0.05) is 18.2 Å². The van der Waals surface area contributed by atoms with Crippen LogP contribution in [0.5, 0.6) is 0 Å². The van der Waals surface area contributed by atoms with Crippen molar-refractivity contribution in [3.8, 4) is 0 Å². The fourth-order valence-electron chi connectivity index (χ4n) is 2.43. The summed E-state index contributed by atoms with van der Waals surface area (Å²) >= 11 is 0. The Morgan fingerprint density at radius 3 is 2.73 bits per heavy atom. The Balaban J connectivity index is 1.83. The maximum Gasteiger partial charge on any atom is 0.256 e. The quantitative estimate of drug-likeness (QED) is 0.881. The molecule has 1 aliphatic heterocycles. The van der Waals surface area contributed by atoms with Crippen LogP contribution in [0.1, 0.15) is 21.6 Å². The first-order valence-corrected chi connectivity index (χ1v) is 8.67. The molecule has 0 fully saturated rings. The van der Waals surface area contributed by atoms with E-state index in [0.29, 0.717) is 24.3 Å². The van der Waals surface area contributed by atoms with Crippen LogP contribution >= 0.6 is 0 Å². The molecule has 2 aromatic rings. The summed E-state index contributed by atoms with van der Waals surface area (Å²) < 4.78 is 24.7. The predicted molar refractivity (Wildman–Crippen MR) is 81.9 cm³/mol. The summed E-state index contributed by atoms with van der Waals surface area (Å²) in [4.78, 5) is 12.2. The smallest absolute Gasteiger partial charge is 0.256 e. The van der Waals surface area contributed by atoms with Crippen molar-refractivity contribution >= 4 is 21.7 Å².